The molecule has 0 fully saturated rings. The first-order valence-electron chi connectivity index (χ1n) is 4.64. The van der Waals surface area contributed by atoms with Gasteiger partial charge in [-0.1, -0.05) is 0 Å². The van der Waals surface area contributed by atoms with Crippen LogP contribution in [-0.4, -0.2) is 45.4 Å². The molecule has 0 heterocycles. The van der Waals surface area contributed by atoms with E-state index in [1.807, 2.05) is 0 Å². The SMILES string of the molecule is C#CCC(N)C(=O)NCC(COC)OC. The van der Waals surface area contributed by atoms with Crippen LogP contribution in [0.1, 0.15) is 6.42 Å². The molecule has 0 aliphatic heterocycles. The predicted molar refractivity (Wildman–Crippen MR) is 57.1 cm³/mol. The summed E-state index contributed by atoms with van der Waals surface area (Å²) >= 11 is 0. The van der Waals surface area contributed by atoms with Crippen molar-refractivity contribution in [2.24, 2.45) is 5.73 Å². The van der Waals surface area contributed by atoms with Gasteiger partial charge in [-0.2, -0.15) is 0 Å². The molecule has 0 spiro atoms. The number of nitrogens with two attached hydrogens (primary N) is 1. The Morgan fingerprint density at radius 2 is 2.27 bits per heavy atom. The molecule has 15 heavy (non-hydrogen) atoms. The second-order valence-electron chi connectivity index (χ2n) is 3.07. The van der Waals surface area contributed by atoms with Gasteiger partial charge in [0.05, 0.1) is 18.8 Å². The lowest BCUT2D eigenvalue weighted by Crippen LogP contribution is -2.44. The van der Waals surface area contributed by atoms with Gasteiger partial charge < -0.3 is 20.5 Å². The standard InChI is InChI=1S/C10H18N2O3/c1-4-5-9(11)10(13)12-6-8(15-3)7-14-2/h1,8-9H,5-7,11H2,2-3H3,(H,12,13). The Bertz CT molecular complexity index is 225. The van der Waals surface area contributed by atoms with Gasteiger partial charge in [0.25, 0.3) is 0 Å². The Hall–Kier alpha value is -1.09. The summed E-state index contributed by atoms with van der Waals surface area (Å²) < 4.78 is 9.96. The predicted octanol–water partition coefficient (Wildman–Crippen LogP) is -0.885. The molecule has 0 aromatic heterocycles. The van der Waals surface area contributed by atoms with Gasteiger partial charge in [-0.05, 0) is 0 Å². The maximum absolute atomic E-state index is 11.3. The third-order valence-corrected chi connectivity index (χ3v) is 1.86. The van der Waals surface area contributed by atoms with Gasteiger partial charge in [0.15, 0.2) is 0 Å². The number of terminal acetylenes is 1. The molecule has 2 unspecified atom stereocenters. The molecule has 2 atom stereocenters. The second-order valence-corrected chi connectivity index (χ2v) is 3.07. The number of hydrogen-bond acceptors (Lipinski definition) is 4. The fraction of sp³-hybridized carbons (Fsp3) is 0.700. The molecule has 0 aliphatic carbocycles. The van der Waals surface area contributed by atoms with E-state index < -0.39 is 6.04 Å². The van der Waals surface area contributed by atoms with E-state index in [1.165, 1.54) is 0 Å². The van der Waals surface area contributed by atoms with Crippen LogP contribution in [0.4, 0.5) is 0 Å². The fourth-order valence-corrected chi connectivity index (χ4v) is 0.961. The molecule has 0 saturated heterocycles. The quantitative estimate of drug-likeness (QED) is 0.539. The van der Waals surface area contributed by atoms with Crippen LogP contribution in [0.5, 0.6) is 0 Å². The van der Waals surface area contributed by atoms with Crippen molar-refractivity contribution >= 4 is 5.91 Å². The molecule has 0 radical (unpaired) electrons. The second kappa shape index (κ2) is 8.24. The number of hydrogen-bond donors (Lipinski definition) is 2. The van der Waals surface area contributed by atoms with E-state index in [1.54, 1.807) is 14.2 Å². The minimum absolute atomic E-state index is 0.169. The molecule has 0 bridgehead atoms. The zero-order valence-corrected chi connectivity index (χ0v) is 9.16. The number of methoxy groups -OCH3 is 2. The van der Waals surface area contributed by atoms with Gasteiger partial charge in [-0.15, -0.1) is 12.3 Å². The summed E-state index contributed by atoms with van der Waals surface area (Å²) in [6.07, 6.45) is 5.10. The van der Waals surface area contributed by atoms with Crippen LogP contribution in [0.25, 0.3) is 0 Å². The molecule has 86 valence electrons. The van der Waals surface area contributed by atoms with Crippen LogP contribution in [0.3, 0.4) is 0 Å². The lowest BCUT2D eigenvalue weighted by atomic mass is 10.2. The first kappa shape index (κ1) is 13.9. The Kier molecular flexibility index (Phi) is 7.64. The Balaban J connectivity index is 3.82. The fourth-order valence-electron chi connectivity index (χ4n) is 0.961. The van der Waals surface area contributed by atoms with Crippen molar-refractivity contribution in [1.29, 1.82) is 0 Å². The van der Waals surface area contributed by atoms with Gasteiger partial charge in [0.2, 0.25) is 5.91 Å². The minimum atomic E-state index is -0.657. The van der Waals surface area contributed by atoms with E-state index in [9.17, 15) is 4.79 Å². The number of amides is 1. The molecule has 0 rings (SSSR count). The lowest BCUT2D eigenvalue weighted by Gasteiger charge is -2.16. The van der Waals surface area contributed by atoms with Gasteiger partial charge in [0.1, 0.15) is 0 Å². The summed E-state index contributed by atoms with van der Waals surface area (Å²) in [5.74, 6) is 2.06. The van der Waals surface area contributed by atoms with Gasteiger partial charge in [0, 0.05) is 27.2 Å². The molecule has 0 aliphatic rings. The lowest BCUT2D eigenvalue weighted by molar-refractivity contribution is -0.123. The summed E-state index contributed by atoms with van der Waals surface area (Å²) in [4.78, 5) is 11.3. The van der Waals surface area contributed by atoms with Crippen molar-refractivity contribution < 1.29 is 14.3 Å². The summed E-state index contributed by atoms with van der Waals surface area (Å²) in [7, 11) is 3.12. The number of nitrogens with one attached hydrogen (secondary N) is 1. The Morgan fingerprint density at radius 1 is 1.60 bits per heavy atom. The van der Waals surface area contributed by atoms with E-state index in [0.717, 1.165) is 0 Å². The smallest absolute Gasteiger partial charge is 0.237 e. The largest absolute Gasteiger partial charge is 0.382 e. The van der Waals surface area contributed by atoms with Crippen molar-refractivity contribution in [2.45, 2.75) is 18.6 Å². The number of rotatable bonds is 7. The van der Waals surface area contributed by atoms with Crippen LogP contribution < -0.4 is 11.1 Å². The van der Waals surface area contributed by atoms with Gasteiger partial charge >= 0.3 is 0 Å². The first-order chi connectivity index (χ1) is 7.15. The number of carbonyl (C=O) groups excluding carboxylic acids is 1. The van der Waals surface area contributed by atoms with Crippen molar-refractivity contribution in [1.82, 2.24) is 5.32 Å². The number of carbonyl (C=O) groups is 1. The summed E-state index contributed by atoms with van der Waals surface area (Å²) in [5, 5.41) is 2.64. The Morgan fingerprint density at radius 3 is 2.73 bits per heavy atom. The van der Waals surface area contributed by atoms with Crippen molar-refractivity contribution in [3.63, 3.8) is 0 Å². The first-order valence-corrected chi connectivity index (χ1v) is 4.64. The van der Waals surface area contributed by atoms with E-state index in [-0.39, 0.29) is 18.4 Å². The Labute approximate surface area is 90.3 Å². The third-order valence-electron chi connectivity index (χ3n) is 1.86. The molecule has 5 heteroatoms. The van der Waals surface area contributed by atoms with Crippen LogP contribution in [0.2, 0.25) is 0 Å². The summed E-state index contributed by atoms with van der Waals surface area (Å²) in [6.45, 7) is 0.780. The molecule has 1 amide bonds. The van der Waals surface area contributed by atoms with E-state index in [2.05, 4.69) is 11.2 Å². The molecule has 0 aromatic carbocycles. The van der Waals surface area contributed by atoms with Crippen LogP contribution >= 0.6 is 0 Å². The van der Waals surface area contributed by atoms with Crippen LogP contribution in [-0.2, 0) is 14.3 Å². The van der Waals surface area contributed by atoms with Crippen molar-refractivity contribution in [2.75, 3.05) is 27.4 Å². The molecule has 0 aromatic rings. The summed E-state index contributed by atoms with van der Waals surface area (Å²) in [5.41, 5.74) is 5.50. The highest BCUT2D eigenvalue weighted by Crippen LogP contribution is 1.90. The third kappa shape index (κ3) is 6.07. The molecular weight excluding hydrogens is 196 g/mol. The van der Waals surface area contributed by atoms with Gasteiger partial charge in [-0.25, -0.2) is 0 Å². The normalized spacial score (nSPS) is 14.0. The van der Waals surface area contributed by atoms with Crippen molar-refractivity contribution in [3.8, 4) is 12.3 Å². The highest BCUT2D eigenvalue weighted by atomic mass is 16.5. The highest BCUT2D eigenvalue weighted by Gasteiger charge is 2.14. The molecule has 3 N–H and O–H groups in total. The monoisotopic (exact) mass is 214 g/mol. The summed E-state index contributed by atoms with van der Waals surface area (Å²) in [6, 6.07) is -0.657. The molecular formula is C10H18N2O3. The van der Waals surface area contributed by atoms with Crippen LogP contribution in [0.15, 0.2) is 0 Å². The van der Waals surface area contributed by atoms with Gasteiger partial charge in [-0.3, -0.25) is 4.79 Å². The molecule has 0 saturated carbocycles. The minimum Gasteiger partial charge on any atom is -0.382 e. The number of ether oxygens (including phenoxy) is 2. The van der Waals surface area contributed by atoms with E-state index in [4.69, 9.17) is 21.6 Å². The van der Waals surface area contributed by atoms with Crippen LogP contribution in [0, 0.1) is 12.3 Å². The topological polar surface area (TPSA) is 73.6 Å². The average molecular weight is 214 g/mol. The molecule has 5 nitrogen and oxygen atoms in total. The zero-order chi connectivity index (χ0) is 11.7. The zero-order valence-electron chi connectivity index (χ0n) is 9.16. The van der Waals surface area contributed by atoms with E-state index >= 15 is 0 Å². The van der Waals surface area contributed by atoms with E-state index in [0.29, 0.717) is 13.2 Å². The maximum atomic E-state index is 11.3. The average Bonchev–Trinajstić information content (AvgIpc) is 2.24. The van der Waals surface area contributed by atoms with Crippen molar-refractivity contribution in [3.05, 3.63) is 0 Å². The highest BCUT2D eigenvalue weighted by molar-refractivity contribution is 5.81. The maximum Gasteiger partial charge on any atom is 0.237 e.